The number of rotatable bonds is 5. The molecule has 1 aromatic rings. The average Bonchev–Trinajstić information content (AvgIpc) is 2.52. The van der Waals surface area contributed by atoms with Crippen LogP contribution >= 0.6 is 0 Å². The standard InChI is InChI=1S/C12H22N4O2/c1-8-11(9(2)16(4)14-8)12(17)15(3)6-10(13)7-18-5/h10H,6-7,13H2,1-5H3. The number of likely N-dealkylation sites (N-methyl/N-ethyl adjacent to an activating group) is 1. The average molecular weight is 254 g/mol. The Morgan fingerprint density at radius 3 is 2.61 bits per heavy atom. The first-order valence-electron chi connectivity index (χ1n) is 5.88. The number of hydrogen-bond acceptors (Lipinski definition) is 4. The number of nitrogens with two attached hydrogens (primary N) is 1. The highest BCUT2D eigenvalue weighted by Crippen LogP contribution is 2.14. The van der Waals surface area contributed by atoms with Crippen LogP contribution in [0.4, 0.5) is 0 Å². The summed E-state index contributed by atoms with van der Waals surface area (Å²) in [4.78, 5) is 13.9. The Morgan fingerprint density at radius 2 is 2.17 bits per heavy atom. The second kappa shape index (κ2) is 5.97. The quantitative estimate of drug-likeness (QED) is 0.807. The largest absolute Gasteiger partial charge is 0.383 e. The summed E-state index contributed by atoms with van der Waals surface area (Å²) >= 11 is 0. The van der Waals surface area contributed by atoms with Crippen LogP contribution in [0.15, 0.2) is 0 Å². The van der Waals surface area contributed by atoms with E-state index in [4.69, 9.17) is 10.5 Å². The SMILES string of the molecule is COCC(N)CN(C)C(=O)c1c(C)nn(C)c1C. The Hall–Kier alpha value is -1.40. The molecule has 6 nitrogen and oxygen atoms in total. The molecule has 0 aliphatic carbocycles. The van der Waals surface area contributed by atoms with Gasteiger partial charge < -0.3 is 15.4 Å². The van der Waals surface area contributed by atoms with Crippen LogP contribution < -0.4 is 5.73 Å². The Bertz CT molecular complexity index is 428. The second-order valence-electron chi connectivity index (χ2n) is 4.57. The summed E-state index contributed by atoms with van der Waals surface area (Å²) < 4.78 is 6.68. The molecule has 0 saturated carbocycles. The van der Waals surface area contributed by atoms with E-state index in [1.807, 2.05) is 20.9 Å². The number of carbonyl (C=O) groups excluding carboxylic acids is 1. The van der Waals surface area contributed by atoms with Crippen molar-refractivity contribution in [3.8, 4) is 0 Å². The summed E-state index contributed by atoms with van der Waals surface area (Å²) in [5.41, 5.74) is 8.11. The summed E-state index contributed by atoms with van der Waals surface area (Å²) in [5.74, 6) is -0.0512. The summed E-state index contributed by atoms with van der Waals surface area (Å²) in [6.45, 7) is 4.61. The van der Waals surface area contributed by atoms with Gasteiger partial charge in [0.2, 0.25) is 0 Å². The zero-order valence-electron chi connectivity index (χ0n) is 11.7. The molecular formula is C12H22N4O2. The lowest BCUT2D eigenvalue weighted by Crippen LogP contribution is -2.41. The van der Waals surface area contributed by atoms with Gasteiger partial charge in [-0.25, -0.2) is 0 Å². The second-order valence-corrected chi connectivity index (χ2v) is 4.57. The molecule has 1 rings (SSSR count). The first kappa shape index (κ1) is 14.7. The van der Waals surface area contributed by atoms with E-state index in [-0.39, 0.29) is 11.9 Å². The molecule has 0 saturated heterocycles. The summed E-state index contributed by atoms with van der Waals surface area (Å²) in [7, 11) is 5.16. The highest BCUT2D eigenvalue weighted by molar-refractivity contribution is 5.96. The van der Waals surface area contributed by atoms with E-state index >= 15 is 0 Å². The van der Waals surface area contributed by atoms with Gasteiger partial charge in [0, 0.05) is 39.5 Å². The normalized spacial score (nSPS) is 12.6. The van der Waals surface area contributed by atoms with Gasteiger partial charge in [-0.3, -0.25) is 9.48 Å². The van der Waals surface area contributed by atoms with E-state index in [2.05, 4.69) is 5.10 Å². The Balaban J connectivity index is 2.80. The van der Waals surface area contributed by atoms with E-state index < -0.39 is 0 Å². The zero-order valence-corrected chi connectivity index (χ0v) is 11.7. The van der Waals surface area contributed by atoms with Gasteiger partial charge in [0.05, 0.1) is 17.9 Å². The molecule has 0 spiro atoms. The lowest BCUT2D eigenvalue weighted by molar-refractivity contribution is 0.0763. The van der Waals surface area contributed by atoms with Gasteiger partial charge in [0.15, 0.2) is 0 Å². The Labute approximate surface area is 108 Å². The summed E-state index contributed by atoms with van der Waals surface area (Å²) in [5, 5.41) is 4.24. The smallest absolute Gasteiger partial charge is 0.257 e. The maximum atomic E-state index is 12.3. The Morgan fingerprint density at radius 1 is 1.56 bits per heavy atom. The molecule has 0 radical (unpaired) electrons. The van der Waals surface area contributed by atoms with Crippen LogP contribution in [0.2, 0.25) is 0 Å². The van der Waals surface area contributed by atoms with Crippen molar-refractivity contribution in [2.24, 2.45) is 12.8 Å². The molecule has 1 atom stereocenters. The molecule has 1 amide bonds. The van der Waals surface area contributed by atoms with Crippen molar-refractivity contribution in [3.05, 3.63) is 17.0 Å². The third-order valence-corrected chi connectivity index (χ3v) is 2.96. The molecule has 18 heavy (non-hydrogen) atoms. The van der Waals surface area contributed by atoms with Gasteiger partial charge in [0.25, 0.3) is 5.91 Å². The first-order chi connectivity index (χ1) is 8.38. The minimum absolute atomic E-state index is 0.0512. The molecule has 0 aliphatic heterocycles. The molecule has 0 aromatic carbocycles. The van der Waals surface area contributed by atoms with Gasteiger partial charge in [-0.2, -0.15) is 5.10 Å². The van der Waals surface area contributed by atoms with Crippen molar-refractivity contribution in [3.63, 3.8) is 0 Å². The molecule has 0 bridgehead atoms. The third-order valence-electron chi connectivity index (χ3n) is 2.96. The van der Waals surface area contributed by atoms with E-state index in [1.165, 1.54) is 0 Å². The monoisotopic (exact) mass is 254 g/mol. The molecule has 6 heteroatoms. The minimum atomic E-state index is -0.179. The predicted octanol–water partition coefficient (Wildman–Crippen LogP) is 0.0826. The number of aromatic nitrogens is 2. The molecule has 1 aromatic heterocycles. The van der Waals surface area contributed by atoms with Crippen LogP contribution in [-0.2, 0) is 11.8 Å². The molecule has 102 valence electrons. The van der Waals surface area contributed by atoms with Crippen molar-refractivity contribution >= 4 is 5.91 Å². The van der Waals surface area contributed by atoms with Crippen LogP contribution in [-0.4, -0.2) is 53.9 Å². The van der Waals surface area contributed by atoms with Crippen LogP contribution in [0.25, 0.3) is 0 Å². The van der Waals surface area contributed by atoms with Gasteiger partial charge >= 0.3 is 0 Å². The van der Waals surface area contributed by atoms with Crippen LogP contribution in [0.5, 0.6) is 0 Å². The minimum Gasteiger partial charge on any atom is -0.383 e. The lowest BCUT2D eigenvalue weighted by Gasteiger charge is -2.21. The Kier molecular flexibility index (Phi) is 4.86. The van der Waals surface area contributed by atoms with Gasteiger partial charge in [0.1, 0.15) is 0 Å². The van der Waals surface area contributed by atoms with Gasteiger partial charge in [-0.1, -0.05) is 0 Å². The topological polar surface area (TPSA) is 73.4 Å². The number of methoxy groups -OCH3 is 1. The van der Waals surface area contributed by atoms with E-state index in [0.717, 1.165) is 11.4 Å². The third kappa shape index (κ3) is 3.08. The molecule has 0 fully saturated rings. The number of nitrogens with zero attached hydrogens (tertiary/aromatic N) is 3. The summed E-state index contributed by atoms with van der Waals surface area (Å²) in [6.07, 6.45) is 0. The number of ether oxygens (including phenoxy) is 1. The van der Waals surface area contributed by atoms with Crippen LogP contribution in [0, 0.1) is 13.8 Å². The maximum Gasteiger partial charge on any atom is 0.257 e. The number of carbonyl (C=O) groups is 1. The molecule has 0 aliphatic rings. The highest BCUT2D eigenvalue weighted by atomic mass is 16.5. The van der Waals surface area contributed by atoms with Gasteiger partial charge in [-0.05, 0) is 13.8 Å². The van der Waals surface area contributed by atoms with Crippen molar-refractivity contribution in [2.75, 3.05) is 27.3 Å². The fraction of sp³-hybridized carbons (Fsp3) is 0.667. The molecular weight excluding hydrogens is 232 g/mol. The van der Waals surface area contributed by atoms with Crippen LogP contribution in [0.3, 0.4) is 0 Å². The van der Waals surface area contributed by atoms with E-state index in [0.29, 0.717) is 18.7 Å². The van der Waals surface area contributed by atoms with Crippen molar-refractivity contribution in [1.82, 2.24) is 14.7 Å². The van der Waals surface area contributed by atoms with Crippen molar-refractivity contribution < 1.29 is 9.53 Å². The molecule has 1 heterocycles. The lowest BCUT2D eigenvalue weighted by atomic mass is 10.1. The maximum absolute atomic E-state index is 12.3. The first-order valence-corrected chi connectivity index (χ1v) is 5.88. The fourth-order valence-corrected chi connectivity index (χ4v) is 1.98. The predicted molar refractivity (Wildman–Crippen MR) is 69.5 cm³/mol. The van der Waals surface area contributed by atoms with E-state index in [9.17, 15) is 4.79 Å². The van der Waals surface area contributed by atoms with E-state index in [1.54, 1.807) is 23.7 Å². The molecule has 1 unspecified atom stereocenters. The highest BCUT2D eigenvalue weighted by Gasteiger charge is 2.21. The fourth-order valence-electron chi connectivity index (χ4n) is 1.98. The van der Waals surface area contributed by atoms with Crippen molar-refractivity contribution in [1.29, 1.82) is 0 Å². The number of hydrogen-bond donors (Lipinski definition) is 1. The van der Waals surface area contributed by atoms with Gasteiger partial charge in [-0.15, -0.1) is 0 Å². The zero-order chi connectivity index (χ0) is 13.9. The summed E-state index contributed by atoms with van der Waals surface area (Å²) in [6, 6.07) is -0.179. The molecule has 2 N–H and O–H groups in total. The number of aryl methyl sites for hydroxylation is 2. The van der Waals surface area contributed by atoms with Crippen LogP contribution in [0.1, 0.15) is 21.7 Å². The number of amides is 1. The van der Waals surface area contributed by atoms with Crippen molar-refractivity contribution in [2.45, 2.75) is 19.9 Å².